The van der Waals surface area contributed by atoms with Crippen LogP contribution in [0.1, 0.15) is 33.3 Å². The van der Waals surface area contributed by atoms with Gasteiger partial charge in [-0.3, -0.25) is 5.92 Å². The van der Waals surface area contributed by atoms with Crippen molar-refractivity contribution in [3.63, 3.8) is 0 Å². The molecule has 0 aromatic heterocycles. The second kappa shape index (κ2) is 8.74. The van der Waals surface area contributed by atoms with Crippen LogP contribution in [0.15, 0.2) is 18.2 Å². The SMILES string of the molecule is COc1c(C)cccc1O.C[C-](C)C(C)(C)O.[Cd]. The van der Waals surface area contributed by atoms with Crippen LogP contribution in [0.2, 0.25) is 0 Å². The van der Waals surface area contributed by atoms with E-state index in [1.165, 1.54) is 0 Å². The molecule has 0 bridgehead atoms. The predicted octanol–water partition coefficient (Wildman–Crippen LogP) is 3.08. The summed E-state index contributed by atoms with van der Waals surface area (Å²) in [4.78, 5) is 0. The third kappa shape index (κ3) is 7.21. The van der Waals surface area contributed by atoms with Gasteiger partial charge >= 0.3 is 0 Å². The molecular formula is C14H23CdO3-. The van der Waals surface area contributed by atoms with E-state index in [0.29, 0.717) is 5.75 Å². The average Bonchev–Trinajstić information content (AvgIpc) is 2.17. The normalized spacial score (nSPS) is 10.2. The third-order valence-corrected chi connectivity index (χ3v) is 2.62. The molecule has 0 spiro atoms. The number of hydrogen-bond acceptors (Lipinski definition) is 3. The molecule has 3 nitrogen and oxygen atoms in total. The molecule has 0 atom stereocenters. The first kappa shape index (κ1) is 20.0. The maximum absolute atomic E-state index is 9.17. The first-order chi connectivity index (χ1) is 7.70. The Kier molecular flexibility index (Phi) is 9.73. The summed E-state index contributed by atoms with van der Waals surface area (Å²) in [5.41, 5.74) is 0.363. The van der Waals surface area contributed by atoms with Crippen LogP contribution in [0.4, 0.5) is 0 Å². The Morgan fingerprint density at radius 3 is 1.89 bits per heavy atom. The maximum Gasteiger partial charge on any atom is 0.163 e. The van der Waals surface area contributed by atoms with Gasteiger partial charge in [0.25, 0.3) is 0 Å². The van der Waals surface area contributed by atoms with Gasteiger partial charge in [0.1, 0.15) is 0 Å². The number of phenols is 1. The van der Waals surface area contributed by atoms with Crippen LogP contribution in [0, 0.1) is 12.8 Å². The van der Waals surface area contributed by atoms with Gasteiger partial charge in [0.05, 0.1) is 7.11 Å². The smallest absolute Gasteiger partial charge is 0.163 e. The summed E-state index contributed by atoms with van der Waals surface area (Å²) in [5.74, 6) is 1.80. The van der Waals surface area contributed by atoms with E-state index >= 15 is 0 Å². The van der Waals surface area contributed by atoms with Crippen molar-refractivity contribution in [1.29, 1.82) is 0 Å². The van der Waals surface area contributed by atoms with Gasteiger partial charge in [-0.1, -0.05) is 31.6 Å². The van der Waals surface area contributed by atoms with Gasteiger partial charge in [0, 0.05) is 27.3 Å². The fourth-order valence-electron chi connectivity index (χ4n) is 0.903. The summed E-state index contributed by atoms with van der Waals surface area (Å²) in [6.07, 6.45) is 0. The number of hydrogen-bond donors (Lipinski definition) is 2. The van der Waals surface area contributed by atoms with Gasteiger partial charge < -0.3 is 14.9 Å². The van der Waals surface area contributed by atoms with E-state index in [9.17, 15) is 0 Å². The number of ether oxygens (including phenoxy) is 1. The molecule has 0 unspecified atom stereocenters. The van der Waals surface area contributed by atoms with Crippen molar-refractivity contribution in [3.05, 3.63) is 29.7 Å². The molecule has 100 valence electrons. The Hall–Kier alpha value is -0.298. The number of aryl methyl sites for hydroxylation is 1. The van der Waals surface area contributed by atoms with E-state index in [0.717, 1.165) is 11.5 Å². The summed E-state index contributed by atoms with van der Waals surface area (Å²) < 4.78 is 4.93. The minimum Gasteiger partial charge on any atom is -0.504 e. The van der Waals surface area contributed by atoms with Crippen LogP contribution >= 0.6 is 0 Å². The van der Waals surface area contributed by atoms with Gasteiger partial charge in [0.2, 0.25) is 0 Å². The standard InChI is InChI=1S/C8H10O2.C6H13O.Cd/c1-6-4-3-5-7(9)8(6)10-2;1-5(2)6(3,4)7;/h3-5,9H,1-2H3;7H,1-4H3;/q;-1;. The zero-order valence-electron chi connectivity index (χ0n) is 12.2. The van der Waals surface area contributed by atoms with Crippen LogP contribution < -0.4 is 4.74 Å². The first-order valence-corrected chi connectivity index (χ1v) is 5.55. The van der Waals surface area contributed by atoms with Crippen LogP contribution in [-0.4, -0.2) is 22.9 Å². The van der Waals surface area contributed by atoms with Gasteiger partial charge in [0.15, 0.2) is 11.5 Å². The van der Waals surface area contributed by atoms with Crippen molar-refractivity contribution in [2.75, 3.05) is 7.11 Å². The number of aromatic hydroxyl groups is 1. The molecule has 0 aliphatic rings. The molecule has 0 saturated carbocycles. The molecule has 0 saturated heterocycles. The molecule has 0 heterocycles. The van der Waals surface area contributed by atoms with Gasteiger partial charge in [-0.25, -0.2) is 0 Å². The molecule has 4 heteroatoms. The number of para-hydroxylation sites is 1. The number of methoxy groups -OCH3 is 1. The minimum absolute atomic E-state index is 0. The molecule has 1 aromatic carbocycles. The predicted molar refractivity (Wildman–Crippen MR) is 70.3 cm³/mol. The molecule has 1 rings (SSSR count). The molecule has 0 amide bonds. The van der Waals surface area contributed by atoms with Crippen LogP contribution in [0.5, 0.6) is 11.5 Å². The molecule has 1 aromatic rings. The van der Waals surface area contributed by atoms with Crippen molar-refractivity contribution < 1.29 is 42.2 Å². The Bertz CT molecular complexity index is 323. The molecule has 0 aliphatic heterocycles. The number of aliphatic hydroxyl groups is 1. The molecular weight excluding hydrogens is 329 g/mol. The molecule has 0 aliphatic carbocycles. The first-order valence-electron chi connectivity index (χ1n) is 5.55. The number of benzene rings is 1. The van der Waals surface area contributed by atoms with E-state index in [1.54, 1.807) is 33.1 Å². The number of rotatable bonds is 2. The zero-order chi connectivity index (χ0) is 13.6. The van der Waals surface area contributed by atoms with E-state index in [-0.39, 0.29) is 33.0 Å². The fourth-order valence-corrected chi connectivity index (χ4v) is 0.903. The van der Waals surface area contributed by atoms with E-state index < -0.39 is 5.60 Å². The maximum atomic E-state index is 9.17. The van der Waals surface area contributed by atoms with E-state index in [4.69, 9.17) is 14.9 Å². The van der Waals surface area contributed by atoms with Crippen molar-refractivity contribution >= 4 is 0 Å². The quantitative estimate of drug-likeness (QED) is 0.636. The van der Waals surface area contributed by atoms with Crippen LogP contribution in [-0.2, 0) is 27.3 Å². The largest absolute Gasteiger partial charge is 0.504 e. The Labute approximate surface area is 130 Å². The minimum atomic E-state index is -0.583. The fraction of sp³-hybridized carbons (Fsp3) is 0.500. The van der Waals surface area contributed by atoms with Crippen LogP contribution in [0.3, 0.4) is 0 Å². The van der Waals surface area contributed by atoms with E-state index in [2.05, 4.69) is 0 Å². The zero-order valence-corrected chi connectivity index (χ0v) is 16.3. The average molecular weight is 352 g/mol. The van der Waals surface area contributed by atoms with Crippen molar-refractivity contribution in [1.82, 2.24) is 0 Å². The second-order valence-electron chi connectivity index (χ2n) is 4.69. The topological polar surface area (TPSA) is 49.7 Å². The van der Waals surface area contributed by atoms with Crippen molar-refractivity contribution in [2.45, 2.75) is 40.2 Å². The Morgan fingerprint density at radius 1 is 1.22 bits per heavy atom. The number of phenolic OH excluding ortho intramolecular Hbond substituents is 1. The molecule has 2 N–H and O–H groups in total. The van der Waals surface area contributed by atoms with Crippen molar-refractivity contribution in [2.24, 2.45) is 0 Å². The van der Waals surface area contributed by atoms with Gasteiger partial charge in [-0.2, -0.15) is 13.8 Å². The molecule has 18 heavy (non-hydrogen) atoms. The summed E-state index contributed by atoms with van der Waals surface area (Å²) >= 11 is 0. The van der Waals surface area contributed by atoms with Crippen LogP contribution in [0.25, 0.3) is 0 Å². The summed E-state index contributed by atoms with van der Waals surface area (Å²) in [7, 11) is 1.54. The Morgan fingerprint density at radius 2 is 1.67 bits per heavy atom. The van der Waals surface area contributed by atoms with Gasteiger partial charge in [-0.15, -0.1) is 0 Å². The Balaban J connectivity index is 0. The third-order valence-electron chi connectivity index (χ3n) is 2.62. The molecule has 0 radical (unpaired) electrons. The summed E-state index contributed by atoms with van der Waals surface area (Å²) in [6.45, 7) is 9.28. The van der Waals surface area contributed by atoms with E-state index in [1.807, 2.05) is 26.8 Å². The van der Waals surface area contributed by atoms with Crippen molar-refractivity contribution in [3.8, 4) is 11.5 Å². The second-order valence-corrected chi connectivity index (χ2v) is 4.69. The molecule has 0 fully saturated rings. The monoisotopic (exact) mass is 353 g/mol. The summed E-state index contributed by atoms with van der Waals surface area (Å²) in [6, 6.07) is 5.28. The van der Waals surface area contributed by atoms with Gasteiger partial charge in [-0.05, 0) is 18.6 Å². The summed E-state index contributed by atoms with van der Waals surface area (Å²) in [5, 5.41) is 18.2.